The smallest absolute Gasteiger partial charge is 0.292 e. The van der Waals surface area contributed by atoms with Crippen molar-refractivity contribution in [2.24, 2.45) is 11.7 Å². The molecule has 16 heavy (non-hydrogen) atoms. The van der Waals surface area contributed by atoms with Crippen LogP contribution in [0.5, 0.6) is 0 Å². The van der Waals surface area contributed by atoms with Gasteiger partial charge in [-0.3, -0.25) is 10.1 Å². The van der Waals surface area contributed by atoms with Crippen LogP contribution in [0.1, 0.15) is 12.8 Å². The third kappa shape index (κ3) is 2.30. The van der Waals surface area contributed by atoms with Crippen molar-refractivity contribution in [2.75, 3.05) is 11.9 Å². The fraction of sp³-hybridized carbons (Fsp3) is 0.455. The number of rotatable bonds is 5. The fourth-order valence-corrected chi connectivity index (χ4v) is 1.82. The fourth-order valence-electron chi connectivity index (χ4n) is 1.82. The third-order valence-electron chi connectivity index (χ3n) is 2.89. The van der Waals surface area contributed by atoms with Crippen LogP contribution in [-0.2, 0) is 0 Å². The lowest BCUT2D eigenvalue weighted by atomic mass is 10.1. The van der Waals surface area contributed by atoms with Gasteiger partial charge in [-0.15, -0.1) is 0 Å². The first-order valence-electron chi connectivity index (χ1n) is 5.42. The van der Waals surface area contributed by atoms with E-state index in [9.17, 15) is 10.1 Å². The molecule has 0 aromatic heterocycles. The molecule has 1 saturated carbocycles. The topological polar surface area (TPSA) is 81.2 Å². The number of nitro benzene ring substituents is 1. The van der Waals surface area contributed by atoms with Gasteiger partial charge in [0.25, 0.3) is 5.69 Å². The van der Waals surface area contributed by atoms with E-state index in [-0.39, 0.29) is 16.7 Å². The second-order valence-corrected chi connectivity index (χ2v) is 4.10. The average molecular weight is 221 g/mol. The van der Waals surface area contributed by atoms with Gasteiger partial charge in [-0.25, -0.2) is 0 Å². The van der Waals surface area contributed by atoms with Gasteiger partial charge in [0.15, 0.2) is 0 Å². The number of para-hydroxylation sites is 2. The Morgan fingerprint density at radius 2 is 2.19 bits per heavy atom. The van der Waals surface area contributed by atoms with E-state index in [2.05, 4.69) is 5.32 Å². The van der Waals surface area contributed by atoms with Crippen molar-refractivity contribution in [2.45, 2.75) is 18.9 Å². The highest BCUT2D eigenvalue weighted by Gasteiger charge is 2.31. The first-order valence-corrected chi connectivity index (χ1v) is 5.42. The van der Waals surface area contributed by atoms with Gasteiger partial charge in [0.1, 0.15) is 5.69 Å². The molecule has 0 radical (unpaired) electrons. The van der Waals surface area contributed by atoms with E-state index in [1.54, 1.807) is 18.2 Å². The number of anilines is 1. The zero-order chi connectivity index (χ0) is 11.5. The third-order valence-corrected chi connectivity index (χ3v) is 2.89. The standard InChI is InChI=1S/C11H15N3O2/c12-7-10(8-5-6-8)13-9-3-1-2-4-11(9)14(15)16/h1-4,8,10,13H,5-7,12H2. The number of hydrogen-bond acceptors (Lipinski definition) is 4. The number of nitro groups is 1. The molecule has 1 aliphatic carbocycles. The summed E-state index contributed by atoms with van der Waals surface area (Å²) in [4.78, 5) is 10.4. The summed E-state index contributed by atoms with van der Waals surface area (Å²) >= 11 is 0. The molecule has 0 spiro atoms. The Labute approximate surface area is 93.8 Å². The van der Waals surface area contributed by atoms with Gasteiger partial charge in [0.05, 0.1) is 4.92 Å². The van der Waals surface area contributed by atoms with Gasteiger partial charge in [-0.2, -0.15) is 0 Å². The Morgan fingerprint density at radius 3 is 2.75 bits per heavy atom. The highest BCUT2D eigenvalue weighted by molar-refractivity contribution is 5.61. The molecule has 2 rings (SSSR count). The Balaban J connectivity index is 2.15. The summed E-state index contributed by atoms with van der Waals surface area (Å²) < 4.78 is 0. The predicted molar refractivity (Wildman–Crippen MR) is 62.3 cm³/mol. The van der Waals surface area contributed by atoms with Crippen LogP contribution in [-0.4, -0.2) is 17.5 Å². The maximum absolute atomic E-state index is 10.8. The molecule has 5 heteroatoms. The van der Waals surface area contributed by atoms with Crippen LogP contribution >= 0.6 is 0 Å². The second-order valence-electron chi connectivity index (χ2n) is 4.10. The normalized spacial score (nSPS) is 16.8. The second kappa shape index (κ2) is 4.49. The van der Waals surface area contributed by atoms with E-state index in [0.29, 0.717) is 18.2 Å². The number of nitrogens with zero attached hydrogens (tertiary/aromatic N) is 1. The molecular weight excluding hydrogens is 206 g/mol. The molecule has 0 bridgehead atoms. The molecule has 86 valence electrons. The highest BCUT2D eigenvalue weighted by atomic mass is 16.6. The van der Waals surface area contributed by atoms with Crippen molar-refractivity contribution in [3.8, 4) is 0 Å². The molecule has 1 fully saturated rings. The molecular formula is C11H15N3O2. The lowest BCUT2D eigenvalue weighted by molar-refractivity contribution is -0.384. The van der Waals surface area contributed by atoms with Gasteiger partial charge in [-0.1, -0.05) is 12.1 Å². The van der Waals surface area contributed by atoms with Crippen molar-refractivity contribution in [1.29, 1.82) is 0 Å². The van der Waals surface area contributed by atoms with Gasteiger partial charge in [0, 0.05) is 18.7 Å². The van der Waals surface area contributed by atoms with Crippen molar-refractivity contribution in [1.82, 2.24) is 0 Å². The van der Waals surface area contributed by atoms with Gasteiger partial charge in [0.2, 0.25) is 0 Å². The molecule has 0 saturated heterocycles. The number of benzene rings is 1. The lowest BCUT2D eigenvalue weighted by Gasteiger charge is -2.17. The van der Waals surface area contributed by atoms with Crippen molar-refractivity contribution >= 4 is 11.4 Å². The minimum absolute atomic E-state index is 0.113. The molecule has 1 atom stereocenters. The molecule has 1 unspecified atom stereocenters. The summed E-state index contributed by atoms with van der Waals surface area (Å²) in [6.07, 6.45) is 2.32. The Kier molecular flexibility index (Phi) is 3.05. The van der Waals surface area contributed by atoms with Crippen LogP contribution in [0, 0.1) is 16.0 Å². The summed E-state index contributed by atoms with van der Waals surface area (Å²) in [6, 6.07) is 6.83. The molecule has 1 aromatic carbocycles. The minimum Gasteiger partial charge on any atom is -0.375 e. The summed E-state index contributed by atoms with van der Waals surface area (Å²) in [5.74, 6) is 0.574. The zero-order valence-electron chi connectivity index (χ0n) is 8.93. The van der Waals surface area contributed by atoms with E-state index in [4.69, 9.17) is 5.73 Å². The number of nitrogens with one attached hydrogen (secondary N) is 1. The summed E-state index contributed by atoms with van der Waals surface area (Å²) in [5, 5.41) is 14.0. The van der Waals surface area contributed by atoms with Crippen molar-refractivity contribution < 1.29 is 4.92 Å². The SMILES string of the molecule is NCC(Nc1ccccc1[N+](=O)[O-])C1CC1. The molecule has 1 aliphatic rings. The summed E-state index contributed by atoms with van der Waals surface area (Å²) in [6.45, 7) is 0.511. The average Bonchev–Trinajstić information content (AvgIpc) is 3.10. The summed E-state index contributed by atoms with van der Waals surface area (Å²) in [5.41, 5.74) is 6.33. The molecule has 0 amide bonds. The van der Waals surface area contributed by atoms with Crippen LogP contribution in [0.3, 0.4) is 0 Å². The highest BCUT2D eigenvalue weighted by Crippen LogP contribution is 2.35. The van der Waals surface area contributed by atoms with Gasteiger partial charge in [-0.05, 0) is 24.8 Å². The minimum atomic E-state index is -0.372. The van der Waals surface area contributed by atoms with Gasteiger partial charge >= 0.3 is 0 Å². The van der Waals surface area contributed by atoms with E-state index >= 15 is 0 Å². The van der Waals surface area contributed by atoms with Crippen LogP contribution in [0.15, 0.2) is 24.3 Å². The predicted octanol–water partition coefficient (Wildman–Crippen LogP) is 1.74. The number of hydrogen-bond donors (Lipinski definition) is 2. The molecule has 0 aliphatic heterocycles. The Morgan fingerprint density at radius 1 is 1.50 bits per heavy atom. The largest absolute Gasteiger partial charge is 0.375 e. The molecule has 3 N–H and O–H groups in total. The number of nitrogens with two attached hydrogens (primary N) is 1. The quantitative estimate of drug-likeness (QED) is 0.586. The van der Waals surface area contributed by atoms with Crippen molar-refractivity contribution in [3.63, 3.8) is 0 Å². The van der Waals surface area contributed by atoms with Crippen LogP contribution in [0.2, 0.25) is 0 Å². The Hall–Kier alpha value is -1.62. The molecule has 1 aromatic rings. The lowest BCUT2D eigenvalue weighted by Crippen LogP contribution is -2.31. The first-order chi connectivity index (χ1) is 7.72. The van der Waals surface area contributed by atoms with E-state index in [1.165, 1.54) is 6.07 Å². The van der Waals surface area contributed by atoms with Crippen LogP contribution in [0.4, 0.5) is 11.4 Å². The zero-order valence-corrected chi connectivity index (χ0v) is 8.93. The first kappa shape index (κ1) is 10.9. The van der Waals surface area contributed by atoms with E-state index in [0.717, 1.165) is 12.8 Å². The van der Waals surface area contributed by atoms with Crippen LogP contribution < -0.4 is 11.1 Å². The van der Waals surface area contributed by atoms with Crippen LogP contribution in [0.25, 0.3) is 0 Å². The van der Waals surface area contributed by atoms with Crippen molar-refractivity contribution in [3.05, 3.63) is 34.4 Å². The van der Waals surface area contributed by atoms with Gasteiger partial charge < -0.3 is 11.1 Å². The summed E-state index contributed by atoms with van der Waals surface area (Å²) in [7, 11) is 0. The van der Waals surface area contributed by atoms with E-state index in [1.807, 2.05) is 0 Å². The monoisotopic (exact) mass is 221 g/mol. The Bertz CT molecular complexity index is 391. The maximum Gasteiger partial charge on any atom is 0.292 e. The molecule has 5 nitrogen and oxygen atoms in total. The van der Waals surface area contributed by atoms with E-state index < -0.39 is 0 Å². The maximum atomic E-state index is 10.8. The molecule has 0 heterocycles.